The van der Waals surface area contributed by atoms with Crippen molar-refractivity contribution in [2.45, 2.75) is 13.2 Å². The number of methoxy groups -OCH3 is 1. The first-order chi connectivity index (χ1) is 9.88. The molecule has 106 valence electrons. The number of hydrogen-bond donors (Lipinski definition) is 1. The van der Waals surface area contributed by atoms with Gasteiger partial charge in [0.05, 0.1) is 18.5 Å². The van der Waals surface area contributed by atoms with Crippen molar-refractivity contribution in [3.05, 3.63) is 54.1 Å². The highest BCUT2D eigenvalue weighted by atomic mass is 16.5. The van der Waals surface area contributed by atoms with E-state index in [0.717, 1.165) is 30.1 Å². The predicted octanol–water partition coefficient (Wildman–Crippen LogP) is 1.79. The molecular formula is C15H19N3O2. The molecule has 0 aliphatic carbocycles. The fourth-order valence-corrected chi connectivity index (χ4v) is 1.64. The van der Waals surface area contributed by atoms with E-state index >= 15 is 0 Å². The lowest BCUT2D eigenvalue weighted by Gasteiger charge is -2.07. The van der Waals surface area contributed by atoms with Crippen LogP contribution < -0.4 is 10.1 Å². The smallest absolute Gasteiger partial charge is 0.138 e. The van der Waals surface area contributed by atoms with Crippen LogP contribution in [0, 0.1) is 0 Å². The molecule has 0 saturated heterocycles. The molecule has 2 rings (SSSR count). The third-order valence-corrected chi connectivity index (χ3v) is 2.71. The summed E-state index contributed by atoms with van der Waals surface area (Å²) in [4.78, 5) is 8.39. The minimum atomic E-state index is 0.501. The van der Waals surface area contributed by atoms with Crippen LogP contribution in [0.4, 0.5) is 0 Å². The molecule has 0 bridgehead atoms. The Balaban J connectivity index is 1.76. The first-order valence-corrected chi connectivity index (χ1v) is 6.55. The number of nitrogens with zero attached hydrogens (tertiary/aromatic N) is 2. The van der Waals surface area contributed by atoms with Crippen LogP contribution in [0.5, 0.6) is 5.75 Å². The molecule has 0 radical (unpaired) electrons. The first-order valence-electron chi connectivity index (χ1n) is 6.55. The molecule has 0 unspecified atom stereocenters. The van der Waals surface area contributed by atoms with Crippen LogP contribution >= 0.6 is 0 Å². The van der Waals surface area contributed by atoms with Crippen LogP contribution in [-0.4, -0.2) is 30.2 Å². The number of rotatable bonds is 8. The predicted molar refractivity (Wildman–Crippen MR) is 76.4 cm³/mol. The van der Waals surface area contributed by atoms with Crippen molar-refractivity contribution in [3.8, 4) is 5.75 Å². The van der Waals surface area contributed by atoms with Gasteiger partial charge >= 0.3 is 0 Å². The zero-order valence-electron chi connectivity index (χ0n) is 11.6. The van der Waals surface area contributed by atoms with Crippen LogP contribution in [0.25, 0.3) is 0 Å². The average molecular weight is 273 g/mol. The van der Waals surface area contributed by atoms with Crippen molar-refractivity contribution in [1.82, 2.24) is 15.3 Å². The third-order valence-electron chi connectivity index (χ3n) is 2.71. The van der Waals surface area contributed by atoms with Gasteiger partial charge in [-0.05, 0) is 18.2 Å². The number of pyridine rings is 2. The summed E-state index contributed by atoms with van der Waals surface area (Å²) in [6, 6.07) is 7.76. The molecule has 0 amide bonds. The van der Waals surface area contributed by atoms with Crippen LogP contribution in [0.1, 0.15) is 11.3 Å². The fourth-order valence-electron chi connectivity index (χ4n) is 1.64. The minimum Gasteiger partial charge on any atom is -0.487 e. The molecule has 0 aliphatic heterocycles. The van der Waals surface area contributed by atoms with Gasteiger partial charge in [-0.15, -0.1) is 0 Å². The Morgan fingerprint density at radius 3 is 2.85 bits per heavy atom. The third kappa shape index (κ3) is 4.95. The summed E-state index contributed by atoms with van der Waals surface area (Å²) in [5, 5.41) is 3.24. The molecule has 0 fully saturated rings. The van der Waals surface area contributed by atoms with E-state index in [2.05, 4.69) is 15.3 Å². The highest BCUT2D eigenvalue weighted by Gasteiger charge is 1.98. The Labute approximate surface area is 119 Å². The second-order valence-corrected chi connectivity index (χ2v) is 4.30. The van der Waals surface area contributed by atoms with E-state index < -0.39 is 0 Å². The summed E-state index contributed by atoms with van der Waals surface area (Å²) < 4.78 is 10.6. The first kappa shape index (κ1) is 14.4. The molecule has 0 aliphatic rings. The van der Waals surface area contributed by atoms with E-state index in [1.807, 2.05) is 24.3 Å². The standard InChI is InChI=1S/C15H19N3O2/c1-19-8-7-17-10-14-4-5-15(11-18-14)20-12-13-3-2-6-16-9-13/h2-6,9,11,17H,7-8,10,12H2,1H3. The van der Waals surface area contributed by atoms with Gasteiger partial charge in [-0.25, -0.2) is 0 Å². The number of aromatic nitrogens is 2. The van der Waals surface area contributed by atoms with Gasteiger partial charge in [0, 0.05) is 38.2 Å². The molecule has 0 spiro atoms. The van der Waals surface area contributed by atoms with Crippen LogP contribution in [0.15, 0.2) is 42.9 Å². The summed E-state index contributed by atoms with van der Waals surface area (Å²) >= 11 is 0. The molecule has 5 heteroatoms. The lowest BCUT2D eigenvalue weighted by molar-refractivity contribution is 0.199. The van der Waals surface area contributed by atoms with Crippen molar-refractivity contribution in [2.24, 2.45) is 0 Å². The minimum absolute atomic E-state index is 0.501. The van der Waals surface area contributed by atoms with E-state index in [1.165, 1.54) is 0 Å². The topological polar surface area (TPSA) is 56.3 Å². The molecule has 1 N–H and O–H groups in total. The van der Waals surface area contributed by atoms with Crippen molar-refractivity contribution in [2.75, 3.05) is 20.3 Å². The Morgan fingerprint density at radius 1 is 1.20 bits per heavy atom. The lowest BCUT2D eigenvalue weighted by Crippen LogP contribution is -2.19. The van der Waals surface area contributed by atoms with Crippen LogP contribution in [0.3, 0.4) is 0 Å². The van der Waals surface area contributed by atoms with Gasteiger partial charge in [0.1, 0.15) is 12.4 Å². The Morgan fingerprint density at radius 2 is 2.15 bits per heavy atom. The lowest BCUT2D eigenvalue weighted by atomic mass is 10.3. The van der Waals surface area contributed by atoms with Gasteiger partial charge in [0.15, 0.2) is 0 Å². The van der Waals surface area contributed by atoms with E-state index in [1.54, 1.807) is 25.7 Å². The molecular weight excluding hydrogens is 254 g/mol. The molecule has 2 aromatic rings. The second kappa shape index (κ2) is 8.24. The van der Waals surface area contributed by atoms with Crippen molar-refractivity contribution < 1.29 is 9.47 Å². The average Bonchev–Trinajstić information content (AvgIpc) is 2.52. The summed E-state index contributed by atoms with van der Waals surface area (Å²) in [6.45, 7) is 2.75. The number of nitrogens with one attached hydrogen (secondary N) is 1. The van der Waals surface area contributed by atoms with E-state index in [-0.39, 0.29) is 0 Å². The maximum absolute atomic E-state index is 5.65. The summed E-state index contributed by atoms with van der Waals surface area (Å²) in [5.74, 6) is 0.759. The number of ether oxygens (including phenoxy) is 2. The monoisotopic (exact) mass is 273 g/mol. The van der Waals surface area contributed by atoms with Gasteiger partial charge in [-0.2, -0.15) is 0 Å². The van der Waals surface area contributed by atoms with Gasteiger partial charge in [-0.3, -0.25) is 9.97 Å². The SMILES string of the molecule is COCCNCc1ccc(OCc2cccnc2)cn1. The maximum Gasteiger partial charge on any atom is 0.138 e. The van der Waals surface area contributed by atoms with Crippen LogP contribution in [0.2, 0.25) is 0 Å². The summed E-state index contributed by atoms with van der Waals surface area (Å²) in [6.07, 6.45) is 5.28. The summed E-state index contributed by atoms with van der Waals surface area (Å²) in [5.41, 5.74) is 2.02. The van der Waals surface area contributed by atoms with E-state index in [9.17, 15) is 0 Å². The summed E-state index contributed by atoms with van der Waals surface area (Å²) in [7, 11) is 1.69. The quantitative estimate of drug-likeness (QED) is 0.743. The molecule has 2 aromatic heterocycles. The Kier molecular flexibility index (Phi) is 5.95. The highest BCUT2D eigenvalue weighted by molar-refractivity contribution is 5.20. The normalized spacial score (nSPS) is 10.4. The maximum atomic E-state index is 5.65. The van der Waals surface area contributed by atoms with Crippen LogP contribution in [-0.2, 0) is 17.9 Å². The molecule has 5 nitrogen and oxygen atoms in total. The number of hydrogen-bond acceptors (Lipinski definition) is 5. The van der Waals surface area contributed by atoms with E-state index in [4.69, 9.17) is 9.47 Å². The van der Waals surface area contributed by atoms with Gasteiger partial charge in [0.25, 0.3) is 0 Å². The molecule has 20 heavy (non-hydrogen) atoms. The van der Waals surface area contributed by atoms with Crippen molar-refractivity contribution >= 4 is 0 Å². The van der Waals surface area contributed by atoms with Gasteiger partial charge in [-0.1, -0.05) is 6.07 Å². The largest absolute Gasteiger partial charge is 0.487 e. The van der Waals surface area contributed by atoms with E-state index in [0.29, 0.717) is 13.2 Å². The van der Waals surface area contributed by atoms with Crippen molar-refractivity contribution in [1.29, 1.82) is 0 Å². The molecule has 0 atom stereocenters. The van der Waals surface area contributed by atoms with Gasteiger partial charge < -0.3 is 14.8 Å². The highest BCUT2D eigenvalue weighted by Crippen LogP contribution is 2.11. The zero-order chi connectivity index (χ0) is 14.0. The molecule has 0 saturated carbocycles. The Hall–Kier alpha value is -1.98. The zero-order valence-corrected chi connectivity index (χ0v) is 11.6. The van der Waals surface area contributed by atoms with Crippen molar-refractivity contribution in [3.63, 3.8) is 0 Å². The van der Waals surface area contributed by atoms with Gasteiger partial charge in [0.2, 0.25) is 0 Å². The molecule has 0 aromatic carbocycles. The molecule has 2 heterocycles. The second-order valence-electron chi connectivity index (χ2n) is 4.30. The Bertz CT molecular complexity index is 488. The fraction of sp³-hybridized carbons (Fsp3) is 0.333.